The molecule has 1 aromatic carbocycles. The molecule has 1 saturated carbocycles. The third-order valence-corrected chi connectivity index (χ3v) is 6.75. The third kappa shape index (κ3) is 3.57. The summed E-state index contributed by atoms with van der Waals surface area (Å²) in [5.41, 5.74) is 0.658. The molecule has 6 nitrogen and oxygen atoms in total. The van der Waals surface area contributed by atoms with Gasteiger partial charge in [-0.05, 0) is 50.3 Å². The molecule has 1 aliphatic carbocycles. The Kier molecular flexibility index (Phi) is 5.51. The van der Waals surface area contributed by atoms with Crippen LogP contribution in [0.3, 0.4) is 0 Å². The topological polar surface area (TPSA) is 63.6 Å². The molecule has 162 valence electrons. The molecule has 2 aromatic rings. The fourth-order valence-electron chi connectivity index (χ4n) is 4.81. The van der Waals surface area contributed by atoms with Gasteiger partial charge in [-0.15, -0.1) is 0 Å². The van der Waals surface area contributed by atoms with E-state index in [1.54, 1.807) is 7.11 Å². The Morgan fingerprint density at radius 3 is 2.67 bits per heavy atom. The van der Waals surface area contributed by atoms with Crippen LogP contribution < -0.4 is 10.1 Å². The van der Waals surface area contributed by atoms with Gasteiger partial charge >= 0.3 is 0 Å². The largest absolute Gasteiger partial charge is 0.497 e. The van der Waals surface area contributed by atoms with E-state index < -0.39 is 5.54 Å². The summed E-state index contributed by atoms with van der Waals surface area (Å²) in [4.78, 5) is 28.9. The minimum atomic E-state index is -0.920. The predicted octanol–water partition coefficient (Wildman–Crippen LogP) is 3.97. The Labute approximate surface area is 178 Å². The van der Waals surface area contributed by atoms with Gasteiger partial charge in [0, 0.05) is 24.0 Å². The zero-order valence-corrected chi connectivity index (χ0v) is 18.5. The summed E-state index contributed by atoms with van der Waals surface area (Å²) in [5.74, 6) is 1.09. The molecule has 1 aliphatic heterocycles. The van der Waals surface area contributed by atoms with Gasteiger partial charge in [-0.25, -0.2) is 0 Å². The highest BCUT2D eigenvalue weighted by atomic mass is 16.5. The van der Waals surface area contributed by atoms with Crippen molar-refractivity contribution in [2.45, 2.75) is 71.0 Å². The van der Waals surface area contributed by atoms with E-state index >= 15 is 0 Å². The summed E-state index contributed by atoms with van der Waals surface area (Å²) >= 11 is 0. The molecule has 1 atom stereocenters. The Morgan fingerprint density at radius 1 is 1.27 bits per heavy atom. The Balaban J connectivity index is 1.75. The van der Waals surface area contributed by atoms with Gasteiger partial charge in [-0.2, -0.15) is 0 Å². The van der Waals surface area contributed by atoms with Gasteiger partial charge in [0.2, 0.25) is 5.91 Å². The van der Waals surface area contributed by atoms with Gasteiger partial charge in [0.15, 0.2) is 0 Å². The van der Waals surface area contributed by atoms with Crippen molar-refractivity contribution in [2.24, 2.45) is 5.92 Å². The first-order chi connectivity index (χ1) is 14.3. The molecule has 1 aromatic heterocycles. The van der Waals surface area contributed by atoms with Crippen molar-refractivity contribution in [3.8, 4) is 5.75 Å². The predicted molar refractivity (Wildman–Crippen MR) is 118 cm³/mol. The molecule has 2 heterocycles. The van der Waals surface area contributed by atoms with E-state index in [0.717, 1.165) is 48.8 Å². The lowest BCUT2D eigenvalue weighted by atomic mass is 9.93. The van der Waals surface area contributed by atoms with E-state index in [1.807, 2.05) is 40.7 Å². The molecule has 4 rings (SSSR count). The average Bonchev–Trinajstić information content (AvgIpc) is 3.35. The van der Waals surface area contributed by atoms with Gasteiger partial charge in [0.1, 0.15) is 17.0 Å². The third-order valence-electron chi connectivity index (χ3n) is 6.75. The smallest absolute Gasteiger partial charge is 0.271 e. The summed E-state index contributed by atoms with van der Waals surface area (Å²) in [6, 6.07) is 7.99. The van der Waals surface area contributed by atoms with E-state index in [4.69, 9.17) is 4.74 Å². The van der Waals surface area contributed by atoms with Crippen LogP contribution in [0.15, 0.2) is 24.3 Å². The zero-order valence-electron chi connectivity index (χ0n) is 18.5. The first-order valence-electron chi connectivity index (χ1n) is 11.1. The first kappa shape index (κ1) is 20.8. The van der Waals surface area contributed by atoms with Crippen LogP contribution in [-0.2, 0) is 11.3 Å². The molecular weight excluding hydrogens is 378 g/mol. The molecule has 0 spiro atoms. The van der Waals surface area contributed by atoms with E-state index in [-0.39, 0.29) is 17.9 Å². The molecule has 2 aliphatic rings. The van der Waals surface area contributed by atoms with Crippen molar-refractivity contribution in [3.63, 3.8) is 0 Å². The molecule has 0 bridgehead atoms. The van der Waals surface area contributed by atoms with Crippen molar-refractivity contribution in [1.29, 1.82) is 0 Å². The molecular formula is C24H33N3O3. The lowest BCUT2D eigenvalue weighted by Gasteiger charge is -2.44. The number of methoxy groups -OCH3 is 1. The van der Waals surface area contributed by atoms with Gasteiger partial charge in [-0.1, -0.05) is 26.7 Å². The number of hydrogen-bond donors (Lipinski definition) is 1. The number of ether oxygens (including phenoxy) is 1. The minimum Gasteiger partial charge on any atom is -0.497 e. The summed E-state index contributed by atoms with van der Waals surface area (Å²) in [6.45, 7) is 7.24. The lowest BCUT2D eigenvalue weighted by Crippen LogP contribution is -2.65. The van der Waals surface area contributed by atoms with Crippen molar-refractivity contribution in [1.82, 2.24) is 14.8 Å². The lowest BCUT2D eigenvalue weighted by molar-refractivity contribution is -0.133. The Hall–Kier alpha value is -2.50. The number of aromatic nitrogens is 1. The van der Waals surface area contributed by atoms with Crippen molar-refractivity contribution in [3.05, 3.63) is 30.0 Å². The van der Waals surface area contributed by atoms with Gasteiger partial charge < -0.3 is 19.5 Å². The normalized spacial score (nSPS) is 22.0. The fourth-order valence-corrected chi connectivity index (χ4v) is 4.81. The van der Waals surface area contributed by atoms with Crippen LogP contribution >= 0.6 is 0 Å². The number of amides is 2. The number of benzene rings is 1. The molecule has 6 heteroatoms. The number of hydrogen-bond acceptors (Lipinski definition) is 3. The molecule has 0 unspecified atom stereocenters. The molecule has 1 fully saturated rings. The van der Waals surface area contributed by atoms with Crippen molar-refractivity contribution < 1.29 is 14.3 Å². The molecule has 0 radical (unpaired) electrons. The van der Waals surface area contributed by atoms with Gasteiger partial charge in [0.05, 0.1) is 19.2 Å². The first-order valence-corrected chi connectivity index (χ1v) is 11.1. The fraction of sp³-hybridized carbons (Fsp3) is 0.583. The second kappa shape index (κ2) is 7.97. The van der Waals surface area contributed by atoms with Crippen molar-refractivity contribution >= 4 is 22.7 Å². The summed E-state index contributed by atoms with van der Waals surface area (Å²) in [6.07, 6.45) is 5.23. The monoisotopic (exact) mass is 411 g/mol. The number of nitrogens with zero attached hydrogens (tertiary/aromatic N) is 2. The molecule has 2 amide bonds. The summed E-state index contributed by atoms with van der Waals surface area (Å²) in [7, 11) is 1.64. The van der Waals surface area contributed by atoms with Crippen LogP contribution in [0.25, 0.3) is 10.9 Å². The highest BCUT2D eigenvalue weighted by Gasteiger charge is 2.48. The summed E-state index contributed by atoms with van der Waals surface area (Å²) < 4.78 is 7.40. The molecule has 1 N–H and O–H groups in total. The van der Waals surface area contributed by atoms with Crippen LogP contribution in [-0.4, -0.2) is 46.5 Å². The van der Waals surface area contributed by atoms with E-state index in [1.165, 1.54) is 0 Å². The van der Waals surface area contributed by atoms with Crippen LogP contribution in [0.2, 0.25) is 0 Å². The average molecular weight is 412 g/mol. The van der Waals surface area contributed by atoms with Crippen LogP contribution in [0.1, 0.15) is 63.4 Å². The number of nitrogens with one attached hydrogen (secondary N) is 1. The number of rotatable bonds is 6. The second-order valence-electron chi connectivity index (χ2n) is 9.41. The van der Waals surface area contributed by atoms with E-state index in [2.05, 4.69) is 19.2 Å². The molecule has 30 heavy (non-hydrogen) atoms. The maximum absolute atomic E-state index is 13.6. The van der Waals surface area contributed by atoms with Crippen LogP contribution in [0.4, 0.5) is 0 Å². The highest BCUT2D eigenvalue weighted by Crippen LogP contribution is 2.34. The highest BCUT2D eigenvalue weighted by molar-refractivity contribution is 6.03. The molecule has 0 saturated heterocycles. The Bertz CT molecular complexity index is 958. The maximum atomic E-state index is 13.6. The number of carbonyl (C=O) groups is 2. The zero-order chi connectivity index (χ0) is 21.5. The van der Waals surface area contributed by atoms with E-state index in [9.17, 15) is 9.59 Å². The standard InChI is InChI=1S/C24H33N3O3/c1-16(2)11-12-27-22(28)21-13-17-9-10-19(30-4)14-20(17)26(21)15-24(27,3)23(29)25-18-7-5-6-8-18/h9-10,13-14,16,18H,5-8,11-12,15H2,1-4H3,(H,25,29)/t24-/m0/s1. The minimum absolute atomic E-state index is 0.0399. The number of fused-ring (bicyclic) bond motifs is 3. The van der Waals surface area contributed by atoms with Crippen LogP contribution in [0, 0.1) is 5.92 Å². The SMILES string of the molecule is COc1ccc2cc3n(c2c1)C[C@@](C)(C(=O)NC1CCCC1)N(CCC(C)C)C3=O. The second-order valence-corrected chi connectivity index (χ2v) is 9.41. The quantitative estimate of drug-likeness (QED) is 0.782. The summed E-state index contributed by atoms with van der Waals surface area (Å²) in [5, 5.41) is 4.24. The van der Waals surface area contributed by atoms with Crippen molar-refractivity contribution in [2.75, 3.05) is 13.7 Å². The van der Waals surface area contributed by atoms with Gasteiger partial charge in [0.25, 0.3) is 5.91 Å². The van der Waals surface area contributed by atoms with Crippen LogP contribution in [0.5, 0.6) is 5.75 Å². The van der Waals surface area contributed by atoms with E-state index in [0.29, 0.717) is 24.7 Å². The maximum Gasteiger partial charge on any atom is 0.271 e. The van der Waals surface area contributed by atoms with Gasteiger partial charge in [-0.3, -0.25) is 9.59 Å². The Morgan fingerprint density at radius 2 is 2.00 bits per heavy atom. The number of carbonyl (C=O) groups excluding carboxylic acids is 2.